The van der Waals surface area contributed by atoms with Gasteiger partial charge in [0.2, 0.25) is 0 Å². The van der Waals surface area contributed by atoms with Crippen molar-refractivity contribution in [1.82, 2.24) is 0 Å². The van der Waals surface area contributed by atoms with Crippen LogP contribution in [0.2, 0.25) is 0 Å². The molecule has 0 radical (unpaired) electrons. The van der Waals surface area contributed by atoms with E-state index in [4.69, 9.17) is 4.74 Å². The molecular weight excluding hydrogens is 289 g/mol. The number of nitrogens with zero attached hydrogens (tertiary/aromatic N) is 1. The molecule has 1 heterocycles. The van der Waals surface area contributed by atoms with Crippen molar-refractivity contribution in [3.8, 4) is 5.75 Å². The molecule has 1 aliphatic heterocycles. The number of hydrogen-bond donors (Lipinski definition) is 0. The fourth-order valence-electron chi connectivity index (χ4n) is 6.00. The van der Waals surface area contributed by atoms with E-state index in [0.29, 0.717) is 17.9 Å². The largest absolute Gasteiger partial charge is 0.490 e. The van der Waals surface area contributed by atoms with Gasteiger partial charge in [0, 0.05) is 19.2 Å². The maximum absolute atomic E-state index is 14.5. The first kappa shape index (κ1) is 14.1. The van der Waals surface area contributed by atoms with Gasteiger partial charge < -0.3 is 9.64 Å². The lowest BCUT2D eigenvalue weighted by Gasteiger charge is -2.53. The van der Waals surface area contributed by atoms with Crippen LogP contribution in [0.25, 0.3) is 0 Å². The van der Waals surface area contributed by atoms with Gasteiger partial charge in [-0.1, -0.05) is 0 Å². The molecule has 0 aromatic heterocycles. The van der Waals surface area contributed by atoms with Gasteiger partial charge in [-0.05, 0) is 80.8 Å². The van der Waals surface area contributed by atoms with E-state index >= 15 is 0 Å². The Labute approximate surface area is 138 Å². The molecule has 1 saturated heterocycles. The first-order chi connectivity index (χ1) is 11.3. The van der Waals surface area contributed by atoms with Crippen LogP contribution in [0.5, 0.6) is 5.75 Å². The van der Waals surface area contributed by atoms with Crippen LogP contribution in [0.3, 0.4) is 0 Å². The van der Waals surface area contributed by atoms with Crippen LogP contribution in [-0.2, 0) is 0 Å². The molecular formula is C20H26FNO. The molecule has 0 atom stereocenters. The topological polar surface area (TPSA) is 12.5 Å². The third-order valence-corrected chi connectivity index (χ3v) is 6.78. The number of rotatable bonds is 3. The van der Waals surface area contributed by atoms with Crippen molar-refractivity contribution in [3.63, 3.8) is 0 Å². The molecule has 4 saturated carbocycles. The van der Waals surface area contributed by atoms with E-state index in [1.165, 1.54) is 44.9 Å². The summed E-state index contributed by atoms with van der Waals surface area (Å²) in [5, 5.41) is 0. The molecule has 5 fully saturated rings. The number of benzene rings is 1. The van der Waals surface area contributed by atoms with Crippen LogP contribution >= 0.6 is 0 Å². The molecule has 0 unspecified atom stereocenters. The van der Waals surface area contributed by atoms with Crippen molar-refractivity contribution >= 4 is 5.69 Å². The Hall–Kier alpha value is -1.25. The summed E-state index contributed by atoms with van der Waals surface area (Å²) in [5.74, 6) is 3.95. The zero-order valence-corrected chi connectivity index (χ0v) is 13.7. The minimum Gasteiger partial charge on any atom is -0.490 e. The third-order valence-electron chi connectivity index (χ3n) is 6.78. The second-order valence-corrected chi connectivity index (χ2v) is 8.32. The highest BCUT2D eigenvalue weighted by atomic mass is 19.1. The predicted molar refractivity (Wildman–Crippen MR) is 89.3 cm³/mol. The fraction of sp³-hybridized carbons (Fsp3) is 0.700. The Balaban J connectivity index is 1.33. The van der Waals surface area contributed by atoms with E-state index in [2.05, 4.69) is 4.90 Å². The quantitative estimate of drug-likeness (QED) is 0.806. The molecule has 4 bridgehead atoms. The minimum atomic E-state index is -0.117. The first-order valence-corrected chi connectivity index (χ1v) is 9.47. The first-order valence-electron chi connectivity index (χ1n) is 9.47. The standard InChI is InChI=1S/C20H26FNO/c21-18-12-17(3-4-19(18)22-5-1-2-6-22)23-20-15-8-13-7-14(10-15)11-16(20)9-13/h3-4,12-16,20H,1-2,5-11H2. The summed E-state index contributed by atoms with van der Waals surface area (Å²) in [6.45, 7) is 1.96. The van der Waals surface area contributed by atoms with E-state index in [-0.39, 0.29) is 5.82 Å². The van der Waals surface area contributed by atoms with E-state index in [9.17, 15) is 4.39 Å². The Morgan fingerprint density at radius 2 is 1.57 bits per heavy atom. The summed E-state index contributed by atoms with van der Waals surface area (Å²) < 4.78 is 20.8. The highest BCUT2D eigenvalue weighted by Gasteiger charge is 2.49. The summed E-state index contributed by atoms with van der Waals surface area (Å²) >= 11 is 0. The molecule has 0 amide bonds. The summed E-state index contributed by atoms with van der Waals surface area (Å²) in [6, 6.07) is 5.53. The molecule has 23 heavy (non-hydrogen) atoms. The highest BCUT2D eigenvalue weighted by molar-refractivity contribution is 5.51. The molecule has 3 heteroatoms. The van der Waals surface area contributed by atoms with Crippen LogP contribution < -0.4 is 9.64 Å². The normalized spacial score (nSPS) is 38.3. The summed E-state index contributed by atoms with van der Waals surface area (Å²) in [6.07, 6.45) is 9.49. The smallest absolute Gasteiger partial charge is 0.150 e. The Morgan fingerprint density at radius 3 is 2.17 bits per heavy atom. The van der Waals surface area contributed by atoms with Gasteiger partial charge in [-0.3, -0.25) is 0 Å². The second-order valence-electron chi connectivity index (χ2n) is 8.32. The minimum absolute atomic E-state index is 0.117. The van der Waals surface area contributed by atoms with Gasteiger partial charge in [-0.15, -0.1) is 0 Å². The average Bonchev–Trinajstić information content (AvgIpc) is 3.04. The Morgan fingerprint density at radius 1 is 0.913 bits per heavy atom. The lowest BCUT2D eigenvalue weighted by molar-refractivity contribution is -0.0790. The van der Waals surface area contributed by atoms with Crippen molar-refractivity contribution in [2.75, 3.05) is 18.0 Å². The van der Waals surface area contributed by atoms with E-state index in [1.54, 1.807) is 6.07 Å². The van der Waals surface area contributed by atoms with E-state index in [0.717, 1.165) is 36.4 Å². The summed E-state index contributed by atoms with van der Waals surface area (Å²) in [4.78, 5) is 2.15. The monoisotopic (exact) mass is 315 g/mol. The van der Waals surface area contributed by atoms with E-state index < -0.39 is 0 Å². The van der Waals surface area contributed by atoms with Crippen LogP contribution in [-0.4, -0.2) is 19.2 Å². The molecule has 6 rings (SSSR count). The lowest BCUT2D eigenvalue weighted by Crippen LogP contribution is -2.50. The summed E-state index contributed by atoms with van der Waals surface area (Å²) in [5.41, 5.74) is 0.750. The van der Waals surface area contributed by atoms with Gasteiger partial charge in [0.1, 0.15) is 17.7 Å². The number of anilines is 1. The summed E-state index contributed by atoms with van der Waals surface area (Å²) in [7, 11) is 0. The van der Waals surface area contributed by atoms with Gasteiger partial charge >= 0.3 is 0 Å². The third kappa shape index (κ3) is 2.43. The lowest BCUT2D eigenvalue weighted by atomic mass is 9.55. The van der Waals surface area contributed by atoms with E-state index in [1.807, 2.05) is 12.1 Å². The molecule has 2 nitrogen and oxygen atoms in total. The number of hydrogen-bond acceptors (Lipinski definition) is 2. The van der Waals surface area contributed by atoms with Crippen molar-refractivity contribution in [3.05, 3.63) is 24.0 Å². The zero-order chi connectivity index (χ0) is 15.4. The predicted octanol–water partition coefficient (Wildman–Crippen LogP) is 4.63. The fourth-order valence-corrected chi connectivity index (χ4v) is 6.00. The van der Waals surface area contributed by atoms with Gasteiger partial charge in [0.05, 0.1) is 5.69 Å². The second kappa shape index (κ2) is 5.39. The SMILES string of the molecule is Fc1cc(OC2C3CC4CC(C3)CC2C4)ccc1N1CCCC1. The average molecular weight is 315 g/mol. The molecule has 4 aliphatic carbocycles. The number of ether oxygens (including phenoxy) is 1. The van der Waals surface area contributed by atoms with Crippen molar-refractivity contribution in [1.29, 1.82) is 0 Å². The van der Waals surface area contributed by atoms with Crippen molar-refractivity contribution < 1.29 is 9.13 Å². The highest BCUT2D eigenvalue weighted by Crippen LogP contribution is 2.54. The van der Waals surface area contributed by atoms with Crippen LogP contribution in [0.1, 0.15) is 44.9 Å². The Bertz CT molecular complexity index is 567. The van der Waals surface area contributed by atoms with Gasteiger partial charge in [-0.2, -0.15) is 0 Å². The molecule has 0 N–H and O–H groups in total. The maximum Gasteiger partial charge on any atom is 0.150 e. The molecule has 0 spiro atoms. The van der Waals surface area contributed by atoms with Crippen LogP contribution in [0, 0.1) is 29.5 Å². The maximum atomic E-state index is 14.5. The van der Waals surface area contributed by atoms with Gasteiger partial charge in [-0.25, -0.2) is 4.39 Å². The molecule has 5 aliphatic rings. The van der Waals surface area contributed by atoms with Gasteiger partial charge in [0.15, 0.2) is 0 Å². The molecule has 124 valence electrons. The molecule has 1 aromatic rings. The number of halogens is 1. The van der Waals surface area contributed by atoms with Gasteiger partial charge in [0.25, 0.3) is 0 Å². The van der Waals surface area contributed by atoms with Crippen molar-refractivity contribution in [2.45, 2.75) is 51.0 Å². The van der Waals surface area contributed by atoms with Crippen LogP contribution in [0.15, 0.2) is 18.2 Å². The molecule has 1 aromatic carbocycles. The van der Waals surface area contributed by atoms with Crippen LogP contribution in [0.4, 0.5) is 10.1 Å². The van der Waals surface area contributed by atoms with Crippen molar-refractivity contribution in [2.24, 2.45) is 23.7 Å². The zero-order valence-electron chi connectivity index (χ0n) is 13.7. The Kier molecular flexibility index (Phi) is 3.31.